The minimum absolute atomic E-state index is 0.0243. The zero-order chi connectivity index (χ0) is 16.1. The van der Waals surface area contributed by atoms with Gasteiger partial charge in [-0.05, 0) is 24.6 Å². The predicted molar refractivity (Wildman–Crippen MR) is 94.9 cm³/mol. The maximum Gasteiger partial charge on any atom is 0.244 e. The summed E-state index contributed by atoms with van der Waals surface area (Å²) < 4.78 is 5.54. The summed E-state index contributed by atoms with van der Waals surface area (Å²) in [7, 11) is 0. The van der Waals surface area contributed by atoms with E-state index < -0.39 is 0 Å². The van der Waals surface area contributed by atoms with Gasteiger partial charge in [0.05, 0.1) is 12.7 Å². The van der Waals surface area contributed by atoms with Crippen molar-refractivity contribution < 1.29 is 9.53 Å². The van der Waals surface area contributed by atoms with E-state index in [1.165, 1.54) is 17.1 Å². The molecule has 2 saturated heterocycles. The van der Waals surface area contributed by atoms with Gasteiger partial charge in [0.2, 0.25) is 5.91 Å². The number of hydrogen-bond donors (Lipinski definition) is 2. The van der Waals surface area contributed by atoms with Crippen LogP contribution in [0, 0.1) is 0 Å². The fourth-order valence-corrected chi connectivity index (χ4v) is 3.99. The van der Waals surface area contributed by atoms with Crippen LogP contribution in [0.4, 0.5) is 5.69 Å². The molecule has 2 fully saturated rings. The Balaban J connectivity index is 1.59. The molecule has 126 valence electrons. The van der Waals surface area contributed by atoms with Crippen LogP contribution in [0.3, 0.4) is 0 Å². The van der Waals surface area contributed by atoms with Gasteiger partial charge in [-0.3, -0.25) is 9.69 Å². The molecule has 0 spiro atoms. The van der Waals surface area contributed by atoms with Crippen LogP contribution < -0.4 is 10.6 Å². The quantitative estimate of drug-likeness (QED) is 0.874. The van der Waals surface area contributed by atoms with E-state index in [0.29, 0.717) is 6.61 Å². The molecule has 0 radical (unpaired) electrons. The molecule has 1 aromatic carbocycles. The van der Waals surface area contributed by atoms with E-state index in [1.54, 1.807) is 0 Å². The first-order valence-corrected chi connectivity index (χ1v) is 9.43. The zero-order valence-electron chi connectivity index (χ0n) is 13.6. The van der Waals surface area contributed by atoms with E-state index in [2.05, 4.69) is 27.7 Å². The Bertz CT molecular complexity index is 534. The van der Waals surface area contributed by atoms with Crippen LogP contribution in [0.2, 0.25) is 0 Å². The zero-order valence-corrected chi connectivity index (χ0v) is 14.4. The summed E-state index contributed by atoms with van der Waals surface area (Å²) in [5.41, 5.74) is 2.11. The van der Waals surface area contributed by atoms with Crippen molar-refractivity contribution in [1.29, 1.82) is 0 Å². The molecule has 0 bridgehead atoms. The number of benzene rings is 1. The second-order valence-electron chi connectivity index (χ2n) is 6.09. The maximum absolute atomic E-state index is 12.4. The Hall–Kier alpha value is -1.08. The van der Waals surface area contributed by atoms with E-state index in [0.717, 1.165) is 31.9 Å². The first-order chi connectivity index (χ1) is 11.2. The average Bonchev–Trinajstić information content (AvgIpc) is 2.56. The van der Waals surface area contributed by atoms with Crippen LogP contribution >= 0.6 is 11.8 Å². The number of ether oxygens (including phenoxy) is 1. The lowest BCUT2D eigenvalue weighted by atomic mass is 10.1. The lowest BCUT2D eigenvalue weighted by molar-refractivity contribution is -0.123. The summed E-state index contributed by atoms with van der Waals surface area (Å²) in [5.74, 6) is 2.40. The fourth-order valence-electron chi connectivity index (χ4n) is 3.01. The minimum Gasteiger partial charge on any atom is -0.375 e. The van der Waals surface area contributed by atoms with Gasteiger partial charge in [0.1, 0.15) is 6.04 Å². The van der Waals surface area contributed by atoms with Gasteiger partial charge in [0, 0.05) is 43.4 Å². The van der Waals surface area contributed by atoms with Gasteiger partial charge in [-0.2, -0.15) is 11.8 Å². The van der Waals surface area contributed by atoms with Crippen LogP contribution in [-0.4, -0.2) is 60.7 Å². The standard InChI is InChI=1S/C17H25N3O2S/c1-13-16(18-5-8-22-13)17(21)19-15-4-2-3-14(11-15)12-20-6-9-23-10-7-20/h2-4,11,13,16,18H,5-10,12H2,1H3,(H,19,21)/t13-,16+/m1/s1. The van der Waals surface area contributed by atoms with Crippen molar-refractivity contribution in [2.24, 2.45) is 0 Å². The van der Waals surface area contributed by atoms with Crippen LogP contribution in [0.1, 0.15) is 12.5 Å². The highest BCUT2D eigenvalue weighted by Crippen LogP contribution is 2.17. The Kier molecular flexibility index (Phi) is 5.94. The van der Waals surface area contributed by atoms with Crippen molar-refractivity contribution >= 4 is 23.4 Å². The van der Waals surface area contributed by atoms with Gasteiger partial charge >= 0.3 is 0 Å². The number of thioether (sulfide) groups is 1. The molecule has 2 N–H and O–H groups in total. The molecular formula is C17H25N3O2S. The van der Waals surface area contributed by atoms with Crippen molar-refractivity contribution in [2.45, 2.75) is 25.6 Å². The molecule has 1 aromatic rings. The largest absolute Gasteiger partial charge is 0.375 e. The highest BCUT2D eigenvalue weighted by molar-refractivity contribution is 7.99. The Morgan fingerprint density at radius 1 is 1.43 bits per heavy atom. The van der Waals surface area contributed by atoms with E-state index in [-0.39, 0.29) is 18.1 Å². The molecule has 6 heteroatoms. The number of amides is 1. The molecule has 23 heavy (non-hydrogen) atoms. The number of carbonyl (C=O) groups excluding carboxylic acids is 1. The van der Waals surface area contributed by atoms with Gasteiger partial charge in [-0.1, -0.05) is 12.1 Å². The summed E-state index contributed by atoms with van der Waals surface area (Å²) in [4.78, 5) is 14.9. The van der Waals surface area contributed by atoms with Crippen molar-refractivity contribution in [3.8, 4) is 0 Å². The second-order valence-corrected chi connectivity index (χ2v) is 7.31. The van der Waals surface area contributed by atoms with Gasteiger partial charge in [-0.25, -0.2) is 0 Å². The maximum atomic E-state index is 12.4. The van der Waals surface area contributed by atoms with E-state index in [4.69, 9.17) is 4.74 Å². The molecule has 0 aromatic heterocycles. The number of carbonyl (C=O) groups is 1. The predicted octanol–water partition coefficient (Wildman–Crippen LogP) is 1.55. The number of morpholine rings is 1. The third-order valence-corrected chi connectivity index (χ3v) is 5.25. The Labute approximate surface area is 142 Å². The van der Waals surface area contributed by atoms with Gasteiger partial charge in [0.25, 0.3) is 0 Å². The van der Waals surface area contributed by atoms with Crippen molar-refractivity contribution in [3.63, 3.8) is 0 Å². The van der Waals surface area contributed by atoms with E-state index in [9.17, 15) is 4.79 Å². The summed E-state index contributed by atoms with van der Waals surface area (Å²) >= 11 is 2.02. The summed E-state index contributed by atoms with van der Waals surface area (Å²) in [5, 5.41) is 6.24. The average molecular weight is 335 g/mol. The van der Waals surface area contributed by atoms with Crippen molar-refractivity contribution in [1.82, 2.24) is 10.2 Å². The molecule has 2 heterocycles. The topological polar surface area (TPSA) is 53.6 Å². The van der Waals surface area contributed by atoms with E-state index in [1.807, 2.05) is 30.8 Å². The Morgan fingerprint density at radius 3 is 3.04 bits per heavy atom. The van der Waals surface area contributed by atoms with Gasteiger partial charge in [0.15, 0.2) is 0 Å². The SMILES string of the molecule is C[C@H]1OCCN[C@@H]1C(=O)Nc1cccc(CN2CCSCC2)c1. The normalized spacial score (nSPS) is 26.0. The molecule has 2 aliphatic heterocycles. The summed E-state index contributed by atoms with van der Waals surface area (Å²) in [6, 6.07) is 7.88. The number of anilines is 1. The van der Waals surface area contributed by atoms with E-state index >= 15 is 0 Å². The van der Waals surface area contributed by atoms with Crippen molar-refractivity contribution in [2.75, 3.05) is 43.1 Å². The van der Waals surface area contributed by atoms with Crippen LogP contribution in [0.5, 0.6) is 0 Å². The van der Waals surface area contributed by atoms with Gasteiger partial charge in [-0.15, -0.1) is 0 Å². The fraction of sp³-hybridized carbons (Fsp3) is 0.588. The Morgan fingerprint density at radius 2 is 2.26 bits per heavy atom. The van der Waals surface area contributed by atoms with Crippen LogP contribution in [-0.2, 0) is 16.1 Å². The molecule has 0 saturated carbocycles. The third-order valence-electron chi connectivity index (χ3n) is 4.30. The number of nitrogens with one attached hydrogen (secondary N) is 2. The lowest BCUT2D eigenvalue weighted by Gasteiger charge is -2.29. The number of rotatable bonds is 4. The molecule has 0 unspecified atom stereocenters. The number of hydrogen-bond acceptors (Lipinski definition) is 5. The summed E-state index contributed by atoms with van der Waals surface area (Å²) in [6.07, 6.45) is -0.0993. The molecule has 2 atom stereocenters. The van der Waals surface area contributed by atoms with Crippen LogP contribution in [0.15, 0.2) is 24.3 Å². The molecule has 0 aliphatic carbocycles. The highest BCUT2D eigenvalue weighted by Gasteiger charge is 2.28. The minimum atomic E-state index is -0.286. The third kappa shape index (κ3) is 4.70. The molecule has 1 amide bonds. The highest BCUT2D eigenvalue weighted by atomic mass is 32.2. The first-order valence-electron chi connectivity index (χ1n) is 8.27. The second kappa shape index (κ2) is 8.15. The monoisotopic (exact) mass is 335 g/mol. The molecule has 5 nitrogen and oxygen atoms in total. The van der Waals surface area contributed by atoms with Gasteiger partial charge < -0.3 is 15.4 Å². The smallest absolute Gasteiger partial charge is 0.244 e. The molecular weight excluding hydrogens is 310 g/mol. The number of nitrogens with zero attached hydrogens (tertiary/aromatic N) is 1. The van der Waals surface area contributed by atoms with Crippen molar-refractivity contribution in [3.05, 3.63) is 29.8 Å². The summed E-state index contributed by atoms with van der Waals surface area (Å²) in [6.45, 7) is 6.54. The van der Waals surface area contributed by atoms with Crippen LogP contribution in [0.25, 0.3) is 0 Å². The molecule has 2 aliphatic rings. The lowest BCUT2D eigenvalue weighted by Crippen LogP contribution is -2.53. The molecule has 3 rings (SSSR count). The first kappa shape index (κ1) is 16.8.